The molecule has 6 nitrogen and oxygen atoms in total. The second-order valence-corrected chi connectivity index (χ2v) is 8.18. The largest absolute Gasteiger partial charge is 0.355 e. The first kappa shape index (κ1) is 16.0. The van der Waals surface area contributed by atoms with Gasteiger partial charge in [0.25, 0.3) is 5.91 Å². The van der Waals surface area contributed by atoms with Crippen LogP contribution in [0, 0.1) is 0 Å². The minimum atomic E-state index is -3.07. The number of benzene rings is 1. The van der Waals surface area contributed by atoms with Gasteiger partial charge < -0.3 is 9.84 Å². The van der Waals surface area contributed by atoms with Crippen molar-refractivity contribution in [2.24, 2.45) is 0 Å². The number of hydrogen-bond donors (Lipinski definition) is 1. The molecule has 1 fully saturated rings. The Morgan fingerprint density at radius 2 is 2.04 bits per heavy atom. The Morgan fingerprint density at radius 3 is 2.74 bits per heavy atom. The van der Waals surface area contributed by atoms with Gasteiger partial charge in [-0.2, -0.15) is 0 Å². The van der Waals surface area contributed by atoms with Crippen molar-refractivity contribution in [2.45, 2.75) is 18.9 Å². The predicted octanol–water partition coefficient (Wildman–Crippen LogP) is 2.30. The van der Waals surface area contributed by atoms with E-state index in [2.05, 4.69) is 10.5 Å². The van der Waals surface area contributed by atoms with Crippen molar-refractivity contribution in [3.8, 4) is 11.3 Å². The molecule has 2 aromatic rings. The number of hydrogen-bond acceptors (Lipinski definition) is 5. The fourth-order valence-corrected chi connectivity index (χ4v) is 4.29. The molecule has 1 aliphatic heterocycles. The van der Waals surface area contributed by atoms with Crippen molar-refractivity contribution in [2.75, 3.05) is 11.5 Å². The topological polar surface area (TPSA) is 89.3 Å². The molecule has 1 aromatic carbocycles. The molecule has 0 aliphatic carbocycles. The molecule has 1 saturated heterocycles. The van der Waals surface area contributed by atoms with Crippen LogP contribution < -0.4 is 5.32 Å². The first-order valence-corrected chi connectivity index (χ1v) is 9.37. The smallest absolute Gasteiger partial charge is 0.273 e. The molecule has 23 heavy (non-hydrogen) atoms. The van der Waals surface area contributed by atoms with Gasteiger partial charge in [0.15, 0.2) is 21.3 Å². The zero-order chi connectivity index (χ0) is 16.4. The van der Waals surface area contributed by atoms with E-state index in [0.29, 0.717) is 23.6 Å². The first-order valence-electron chi connectivity index (χ1n) is 7.17. The third kappa shape index (κ3) is 3.92. The number of aromatic nitrogens is 1. The summed E-state index contributed by atoms with van der Waals surface area (Å²) in [5.41, 5.74) is 0.874. The second kappa shape index (κ2) is 6.33. The van der Waals surface area contributed by atoms with Crippen LogP contribution in [0.5, 0.6) is 0 Å². The van der Waals surface area contributed by atoms with Gasteiger partial charge in [0.05, 0.1) is 11.5 Å². The lowest BCUT2D eigenvalue weighted by Gasteiger charge is -2.22. The van der Waals surface area contributed by atoms with E-state index >= 15 is 0 Å². The summed E-state index contributed by atoms with van der Waals surface area (Å²) in [7, 11) is -3.07. The monoisotopic (exact) mass is 354 g/mol. The van der Waals surface area contributed by atoms with Gasteiger partial charge in [0.2, 0.25) is 0 Å². The van der Waals surface area contributed by atoms with E-state index in [-0.39, 0.29) is 23.2 Å². The van der Waals surface area contributed by atoms with Crippen LogP contribution in [-0.4, -0.2) is 37.0 Å². The van der Waals surface area contributed by atoms with Gasteiger partial charge >= 0.3 is 0 Å². The average Bonchev–Trinajstić information content (AvgIpc) is 2.97. The molecular weight excluding hydrogens is 340 g/mol. The number of carbonyl (C=O) groups is 1. The van der Waals surface area contributed by atoms with Gasteiger partial charge in [-0.3, -0.25) is 4.79 Å². The molecule has 0 radical (unpaired) electrons. The van der Waals surface area contributed by atoms with Crippen molar-refractivity contribution in [3.63, 3.8) is 0 Å². The Balaban J connectivity index is 1.70. The maximum absolute atomic E-state index is 12.2. The van der Waals surface area contributed by atoms with Crippen LogP contribution in [0.1, 0.15) is 23.3 Å². The molecular formula is C15H15ClN2O4S. The van der Waals surface area contributed by atoms with E-state index in [0.717, 1.165) is 5.56 Å². The van der Waals surface area contributed by atoms with Crippen LogP contribution in [0.2, 0.25) is 5.02 Å². The molecule has 122 valence electrons. The minimum absolute atomic E-state index is 0.0271. The number of rotatable bonds is 3. The second-order valence-electron chi connectivity index (χ2n) is 5.51. The van der Waals surface area contributed by atoms with Crippen molar-refractivity contribution in [1.29, 1.82) is 0 Å². The Labute approximate surface area is 138 Å². The summed E-state index contributed by atoms with van der Waals surface area (Å²) >= 11 is 5.83. The van der Waals surface area contributed by atoms with Crippen LogP contribution >= 0.6 is 11.6 Å². The summed E-state index contributed by atoms with van der Waals surface area (Å²) in [6.07, 6.45) is 1.20. The molecule has 1 amide bonds. The van der Waals surface area contributed by atoms with Crippen LogP contribution in [0.15, 0.2) is 34.9 Å². The van der Waals surface area contributed by atoms with Gasteiger partial charge in [0, 0.05) is 22.7 Å². The Kier molecular flexibility index (Phi) is 4.41. The van der Waals surface area contributed by atoms with Gasteiger partial charge in [0.1, 0.15) is 0 Å². The molecule has 0 saturated carbocycles. The highest BCUT2D eigenvalue weighted by molar-refractivity contribution is 7.91. The maximum atomic E-state index is 12.2. The zero-order valence-electron chi connectivity index (χ0n) is 12.2. The van der Waals surface area contributed by atoms with Gasteiger partial charge in [-0.25, -0.2) is 8.42 Å². The summed E-state index contributed by atoms with van der Waals surface area (Å²) in [6, 6.07) is 8.10. The summed E-state index contributed by atoms with van der Waals surface area (Å²) in [5.74, 6) is 0.171. The van der Waals surface area contributed by atoms with Crippen LogP contribution in [-0.2, 0) is 9.84 Å². The van der Waals surface area contributed by atoms with Crippen molar-refractivity contribution in [3.05, 3.63) is 41.0 Å². The normalized spacial score (nSPS) is 20.1. The molecule has 2 heterocycles. The lowest BCUT2D eigenvalue weighted by atomic mass is 10.1. The summed E-state index contributed by atoms with van der Waals surface area (Å²) in [5, 5.41) is 7.05. The van der Waals surface area contributed by atoms with Crippen molar-refractivity contribution >= 4 is 27.3 Å². The number of nitrogens with one attached hydrogen (secondary N) is 1. The Morgan fingerprint density at radius 1 is 1.30 bits per heavy atom. The lowest BCUT2D eigenvalue weighted by molar-refractivity contribution is 0.0929. The SMILES string of the molecule is O=C(NC1CCCS(=O)(=O)C1)c1cc(-c2ccc(Cl)cc2)on1. The highest BCUT2D eigenvalue weighted by atomic mass is 35.5. The zero-order valence-corrected chi connectivity index (χ0v) is 13.7. The third-order valence-electron chi connectivity index (χ3n) is 3.67. The number of sulfone groups is 1. The Hall–Kier alpha value is -1.86. The molecule has 3 rings (SSSR count). The van der Waals surface area contributed by atoms with Crippen LogP contribution in [0.25, 0.3) is 11.3 Å². The highest BCUT2D eigenvalue weighted by Crippen LogP contribution is 2.22. The number of amides is 1. The summed E-state index contributed by atoms with van der Waals surface area (Å²) in [6.45, 7) is 0. The molecule has 1 N–H and O–H groups in total. The van der Waals surface area contributed by atoms with Crippen molar-refractivity contribution in [1.82, 2.24) is 10.5 Å². The van der Waals surface area contributed by atoms with E-state index in [4.69, 9.17) is 16.1 Å². The van der Waals surface area contributed by atoms with Crippen LogP contribution in [0.3, 0.4) is 0 Å². The van der Waals surface area contributed by atoms with E-state index in [1.54, 1.807) is 24.3 Å². The fraction of sp³-hybridized carbons (Fsp3) is 0.333. The number of nitrogens with zero attached hydrogens (tertiary/aromatic N) is 1. The Bertz CT molecular complexity index is 814. The van der Waals surface area contributed by atoms with E-state index < -0.39 is 15.7 Å². The average molecular weight is 355 g/mol. The minimum Gasteiger partial charge on any atom is -0.355 e. The first-order chi connectivity index (χ1) is 10.9. The van der Waals surface area contributed by atoms with Gasteiger partial charge in [-0.05, 0) is 37.1 Å². The molecule has 1 aliphatic rings. The highest BCUT2D eigenvalue weighted by Gasteiger charge is 2.27. The van der Waals surface area contributed by atoms with Crippen molar-refractivity contribution < 1.29 is 17.7 Å². The van der Waals surface area contributed by atoms with Gasteiger partial charge in [-0.15, -0.1) is 0 Å². The molecule has 1 atom stereocenters. The quantitative estimate of drug-likeness (QED) is 0.913. The number of halogens is 1. The molecule has 1 unspecified atom stereocenters. The van der Waals surface area contributed by atoms with E-state index in [1.807, 2.05) is 0 Å². The molecule has 8 heteroatoms. The van der Waals surface area contributed by atoms with E-state index in [1.165, 1.54) is 6.07 Å². The lowest BCUT2D eigenvalue weighted by Crippen LogP contribution is -2.43. The number of carbonyl (C=O) groups excluding carboxylic acids is 1. The molecule has 0 spiro atoms. The summed E-state index contributed by atoms with van der Waals surface area (Å²) in [4.78, 5) is 12.2. The van der Waals surface area contributed by atoms with Gasteiger partial charge in [-0.1, -0.05) is 16.8 Å². The standard InChI is InChI=1S/C15H15ClN2O4S/c16-11-5-3-10(4-6-11)14-8-13(18-22-14)15(19)17-12-2-1-7-23(20,21)9-12/h3-6,8,12H,1-2,7,9H2,(H,17,19). The maximum Gasteiger partial charge on any atom is 0.273 e. The fourth-order valence-electron chi connectivity index (χ4n) is 2.53. The van der Waals surface area contributed by atoms with E-state index in [9.17, 15) is 13.2 Å². The third-order valence-corrected chi connectivity index (χ3v) is 5.74. The molecule has 1 aromatic heterocycles. The summed E-state index contributed by atoms with van der Waals surface area (Å²) < 4.78 is 28.4. The van der Waals surface area contributed by atoms with Crippen LogP contribution in [0.4, 0.5) is 0 Å². The predicted molar refractivity (Wildman–Crippen MR) is 86.1 cm³/mol. The molecule has 0 bridgehead atoms.